The monoisotopic (exact) mass is 453 g/mol. The lowest BCUT2D eigenvalue weighted by Gasteiger charge is -2.18. The first-order valence-corrected chi connectivity index (χ1v) is 10.7. The van der Waals surface area contributed by atoms with E-state index in [1.807, 2.05) is 4.72 Å². The predicted octanol–water partition coefficient (Wildman–Crippen LogP) is 4.06. The highest BCUT2D eigenvalue weighted by Gasteiger charge is 2.43. The molecule has 0 unspecified atom stereocenters. The zero-order valence-corrected chi connectivity index (χ0v) is 18.1. The van der Waals surface area contributed by atoms with Crippen LogP contribution in [0, 0.1) is 0 Å². The summed E-state index contributed by atoms with van der Waals surface area (Å²) in [6.07, 6.45) is 0. The maximum Gasteiger partial charge on any atom is 0.265 e. The van der Waals surface area contributed by atoms with Crippen molar-refractivity contribution in [2.45, 2.75) is 31.3 Å². The van der Waals surface area contributed by atoms with Gasteiger partial charge in [0.2, 0.25) is 11.7 Å². The molecule has 0 spiro atoms. The fraction of sp³-hybridized carbons (Fsp3) is 0.200. The highest BCUT2D eigenvalue weighted by molar-refractivity contribution is 7.90. The van der Waals surface area contributed by atoms with Gasteiger partial charge in [-0.1, -0.05) is 35.3 Å². The molecule has 0 fully saturated rings. The van der Waals surface area contributed by atoms with E-state index in [1.54, 1.807) is 38.1 Å². The second-order valence-electron chi connectivity index (χ2n) is 6.96. The van der Waals surface area contributed by atoms with Crippen LogP contribution in [0.15, 0.2) is 47.4 Å². The molecule has 2 aromatic rings. The number of sulfonamides is 1. The van der Waals surface area contributed by atoms with Gasteiger partial charge >= 0.3 is 0 Å². The summed E-state index contributed by atoms with van der Waals surface area (Å²) in [5.74, 6) is -0.698. The van der Waals surface area contributed by atoms with E-state index < -0.39 is 21.5 Å². The van der Waals surface area contributed by atoms with Crippen LogP contribution in [0.2, 0.25) is 10.0 Å². The number of rotatable bonds is 4. The Labute approximate surface area is 178 Å². The molecule has 1 N–H and O–H groups in total. The second kappa shape index (κ2) is 7.48. The molecule has 152 valence electrons. The van der Waals surface area contributed by atoms with E-state index in [2.05, 4.69) is 0 Å². The minimum atomic E-state index is -4.11. The fourth-order valence-electron chi connectivity index (χ4n) is 2.97. The number of carbonyl (C=O) groups excluding carboxylic acids is 2. The average Bonchev–Trinajstić information content (AvgIpc) is 2.83. The van der Waals surface area contributed by atoms with Gasteiger partial charge in [-0.15, -0.1) is 0 Å². The third-order valence-electron chi connectivity index (χ3n) is 4.23. The van der Waals surface area contributed by atoms with Crippen molar-refractivity contribution in [3.05, 3.63) is 63.6 Å². The van der Waals surface area contributed by atoms with E-state index in [9.17, 15) is 18.0 Å². The summed E-state index contributed by atoms with van der Waals surface area (Å²) in [5, 5.41) is 0.344. The SMILES string of the molecule is CC(=O)NS(=O)(=O)c1ccc(C2=C(c3cccc(Cl)c3)C(=O)C(C)(C)O2)cc1Cl. The van der Waals surface area contributed by atoms with E-state index in [0.717, 1.165) is 6.92 Å². The van der Waals surface area contributed by atoms with Gasteiger partial charge in [0.25, 0.3) is 10.0 Å². The summed E-state index contributed by atoms with van der Waals surface area (Å²) in [6, 6.07) is 10.9. The van der Waals surface area contributed by atoms with Gasteiger partial charge in [-0.3, -0.25) is 9.59 Å². The summed E-state index contributed by atoms with van der Waals surface area (Å²) in [5.41, 5.74) is 0.214. The molecule has 0 radical (unpaired) electrons. The molecule has 1 aliphatic rings. The van der Waals surface area contributed by atoms with E-state index in [4.69, 9.17) is 27.9 Å². The molecule has 0 saturated heterocycles. The Morgan fingerprint density at radius 2 is 1.76 bits per heavy atom. The lowest BCUT2D eigenvalue weighted by Crippen LogP contribution is -2.29. The van der Waals surface area contributed by atoms with E-state index in [-0.39, 0.29) is 21.5 Å². The Kier molecular flexibility index (Phi) is 5.51. The largest absolute Gasteiger partial charge is 0.478 e. The van der Waals surface area contributed by atoms with Gasteiger partial charge in [0, 0.05) is 17.5 Å². The molecule has 9 heteroatoms. The summed E-state index contributed by atoms with van der Waals surface area (Å²) in [4.78, 5) is 23.8. The topological polar surface area (TPSA) is 89.5 Å². The van der Waals surface area contributed by atoms with Gasteiger partial charge in [0.05, 0.1) is 10.6 Å². The number of hydrogen-bond acceptors (Lipinski definition) is 5. The zero-order chi connectivity index (χ0) is 21.6. The molecule has 0 aliphatic carbocycles. The maximum atomic E-state index is 13.0. The smallest absolute Gasteiger partial charge is 0.265 e. The quantitative estimate of drug-likeness (QED) is 0.753. The van der Waals surface area contributed by atoms with Crippen LogP contribution in [0.25, 0.3) is 11.3 Å². The van der Waals surface area contributed by atoms with Crippen molar-refractivity contribution in [1.29, 1.82) is 0 Å². The maximum absolute atomic E-state index is 13.0. The van der Waals surface area contributed by atoms with Crippen molar-refractivity contribution in [1.82, 2.24) is 4.72 Å². The molecule has 1 amide bonds. The first kappa shape index (κ1) is 21.4. The van der Waals surface area contributed by atoms with E-state index >= 15 is 0 Å². The van der Waals surface area contributed by atoms with Gasteiger partial charge in [-0.05, 0) is 49.7 Å². The zero-order valence-electron chi connectivity index (χ0n) is 15.7. The molecule has 1 heterocycles. The molecule has 1 aliphatic heterocycles. The number of halogens is 2. The van der Waals surface area contributed by atoms with Crippen LogP contribution in [0.4, 0.5) is 0 Å². The Bertz CT molecular complexity index is 1170. The average molecular weight is 454 g/mol. The van der Waals surface area contributed by atoms with Crippen LogP contribution in [-0.2, 0) is 24.3 Å². The molecular formula is C20H17Cl2NO5S. The van der Waals surface area contributed by atoms with Crippen LogP contribution < -0.4 is 4.72 Å². The van der Waals surface area contributed by atoms with Crippen molar-refractivity contribution in [2.75, 3.05) is 0 Å². The van der Waals surface area contributed by atoms with Crippen LogP contribution in [0.5, 0.6) is 0 Å². The lowest BCUT2D eigenvalue weighted by atomic mass is 9.93. The van der Waals surface area contributed by atoms with Crippen molar-refractivity contribution in [3.8, 4) is 0 Å². The minimum absolute atomic E-state index is 0.116. The molecule has 0 atom stereocenters. The number of hydrogen-bond donors (Lipinski definition) is 1. The summed E-state index contributed by atoms with van der Waals surface area (Å²) in [6.45, 7) is 4.37. The molecule has 3 rings (SSSR count). The van der Waals surface area contributed by atoms with Crippen molar-refractivity contribution < 1.29 is 22.7 Å². The number of amides is 1. The minimum Gasteiger partial charge on any atom is -0.478 e. The third-order valence-corrected chi connectivity index (χ3v) is 6.38. The first-order chi connectivity index (χ1) is 13.4. The second-order valence-corrected chi connectivity index (χ2v) is 9.46. The Hall–Kier alpha value is -2.35. The van der Waals surface area contributed by atoms with Crippen molar-refractivity contribution in [3.63, 3.8) is 0 Å². The highest BCUT2D eigenvalue weighted by Crippen LogP contribution is 2.42. The molecule has 0 saturated carbocycles. The summed E-state index contributed by atoms with van der Waals surface area (Å²) in [7, 11) is -4.11. The van der Waals surface area contributed by atoms with Gasteiger partial charge in [-0.25, -0.2) is 13.1 Å². The molecule has 0 bridgehead atoms. The number of ether oxygens (including phenoxy) is 1. The van der Waals surface area contributed by atoms with Gasteiger partial charge in [0.1, 0.15) is 10.7 Å². The predicted molar refractivity (Wildman–Crippen MR) is 111 cm³/mol. The fourth-order valence-corrected chi connectivity index (χ4v) is 4.70. The lowest BCUT2D eigenvalue weighted by molar-refractivity contribution is -0.125. The standard InChI is InChI=1S/C20H17Cl2NO5S/c1-11(24)23-29(26,27)16-8-7-13(10-15(16)22)18-17(19(25)20(2,3)28-18)12-5-4-6-14(21)9-12/h4-10H,1-3H3,(H,23,24). The van der Waals surface area contributed by atoms with Gasteiger partial charge in [0.15, 0.2) is 5.60 Å². The summed E-state index contributed by atoms with van der Waals surface area (Å²) < 4.78 is 32.3. The molecule has 2 aromatic carbocycles. The van der Waals surface area contributed by atoms with Crippen molar-refractivity contribution >= 4 is 56.2 Å². The third kappa shape index (κ3) is 4.17. The molecule has 0 aromatic heterocycles. The van der Waals surface area contributed by atoms with Crippen LogP contribution in [-0.4, -0.2) is 25.7 Å². The van der Waals surface area contributed by atoms with Crippen LogP contribution in [0.1, 0.15) is 31.9 Å². The highest BCUT2D eigenvalue weighted by atomic mass is 35.5. The number of nitrogens with one attached hydrogen (secondary N) is 1. The number of Topliss-reactive ketones (excluding diaryl/α,β-unsaturated/α-hetero) is 1. The Balaban J connectivity index is 2.16. The molecule has 6 nitrogen and oxygen atoms in total. The number of ketones is 1. The number of benzene rings is 2. The van der Waals surface area contributed by atoms with Crippen molar-refractivity contribution in [2.24, 2.45) is 0 Å². The Morgan fingerprint density at radius 3 is 2.34 bits per heavy atom. The van der Waals surface area contributed by atoms with Crippen LogP contribution in [0.3, 0.4) is 0 Å². The van der Waals surface area contributed by atoms with E-state index in [1.165, 1.54) is 18.2 Å². The van der Waals surface area contributed by atoms with E-state index in [0.29, 0.717) is 21.7 Å². The first-order valence-electron chi connectivity index (χ1n) is 8.50. The molecular weight excluding hydrogens is 437 g/mol. The van der Waals surface area contributed by atoms with Gasteiger partial charge < -0.3 is 4.74 Å². The van der Waals surface area contributed by atoms with Gasteiger partial charge in [-0.2, -0.15) is 0 Å². The normalized spacial score (nSPS) is 16.0. The van der Waals surface area contributed by atoms with Crippen LogP contribution >= 0.6 is 23.2 Å². The molecule has 29 heavy (non-hydrogen) atoms. The number of carbonyl (C=O) groups is 2. The Morgan fingerprint density at radius 1 is 1.07 bits per heavy atom. The summed E-state index contributed by atoms with van der Waals surface area (Å²) >= 11 is 12.3.